The molecule has 0 heterocycles. The van der Waals surface area contributed by atoms with Gasteiger partial charge in [-0.15, -0.1) is 0 Å². The predicted molar refractivity (Wildman–Crippen MR) is 43.1 cm³/mol. The van der Waals surface area contributed by atoms with Gasteiger partial charge in [-0.25, -0.2) is 0 Å². The fourth-order valence-electron chi connectivity index (χ4n) is 0.761. The molecule has 0 saturated carbocycles. The van der Waals surface area contributed by atoms with Crippen molar-refractivity contribution in [2.24, 2.45) is 4.99 Å². The zero-order valence-electron chi connectivity index (χ0n) is 6.68. The smallest absolute Gasteiger partial charge is 0.0650 e. The molecule has 52 valence electrons. The summed E-state index contributed by atoms with van der Waals surface area (Å²) in [5, 5.41) is 0. The highest BCUT2D eigenvalue weighted by Gasteiger charge is 1.88. The molecule has 1 unspecified atom stereocenters. The number of nitrogens with zero attached hydrogens (tertiary/aromatic N) is 1. The molecular formula is C8H15N. The molecule has 0 aromatic heterocycles. The summed E-state index contributed by atoms with van der Waals surface area (Å²) in [4.78, 5) is 4.16. The Hall–Kier alpha value is -0.590. The molecule has 0 aliphatic carbocycles. The molecule has 1 heteroatoms. The highest BCUT2D eigenvalue weighted by atomic mass is 14.7. The quantitative estimate of drug-likeness (QED) is 0.397. The van der Waals surface area contributed by atoms with E-state index in [2.05, 4.69) is 31.8 Å². The average molecular weight is 125 g/mol. The lowest BCUT2D eigenvalue weighted by Crippen LogP contribution is -1.91. The number of rotatable bonds is 2. The Balaban J connectivity index is 3.76. The Kier molecular flexibility index (Phi) is 4.02. The highest BCUT2D eigenvalue weighted by molar-refractivity contribution is 5.53. The van der Waals surface area contributed by atoms with Gasteiger partial charge in [0.15, 0.2) is 0 Å². The normalized spacial score (nSPS) is 13.8. The van der Waals surface area contributed by atoms with Crippen molar-refractivity contribution in [3.05, 3.63) is 11.6 Å². The lowest BCUT2D eigenvalue weighted by Gasteiger charge is -1.97. The van der Waals surface area contributed by atoms with Crippen LogP contribution in [-0.4, -0.2) is 12.3 Å². The summed E-state index contributed by atoms with van der Waals surface area (Å²) in [5.74, 6) is 0. The second-order valence-corrected chi connectivity index (χ2v) is 2.39. The third kappa shape index (κ3) is 5.28. The molecule has 0 saturated heterocycles. The van der Waals surface area contributed by atoms with Gasteiger partial charge in [0.2, 0.25) is 0 Å². The molecule has 0 aromatic rings. The third-order valence-corrected chi connectivity index (χ3v) is 0.959. The fraction of sp³-hybridized carbons (Fsp3) is 0.625. The second-order valence-electron chi connectivity index (χ2n) is 2.39. The molecule has 0 rings (SSSR count). The number of aliphatic imine (C=N–C) groups is 1. The summed E-state index contributed by atoms with van der Waals surface area (Å²) in [6, 6.07) is 0.347. The molecule has 0 aromatic carbocycles. The van der Waals surface area contributed by atoms with Crippen LogP contribution in [0.15, 0.2) is 16.6 Å². The van der Waals surface area contributed by atoms with Crippen LogP contribution in [0.25, 0.3) is 0 Å². The van der Waals surface area contributed by atoms with Crippen molar-refractivity contribution in [3.63, 3.8) is 0 Å². The molecule has 0 bridgehead atoms. The minimum absolute atomic E-state index is 0.347. The van der Waals surface area contributed by atoms with Crippen LogP contribution in [0.3, 0.4) is 0 Å². The predicted octanol–water partition coefficient (Wildman–Crippen LogP) is 2.43. The van der Waals surface area contributed by atoms with Gasteiger partial charge in [-0.2, -0.15) is 0 Å². The maximum Gasteiger partial charge on any atom is 0.0650 e. The largest absolute Gasteiger partial charge is 0.291 e. The van der Waals surface area contributed by atoms with Crippen LogP contribution in [0.4, 0.5) is 0 Å². The van der Waals surface area contributed by atoms with Crippen LogP contribution in [0.5, 0.6) is 0 Å². The molecule has 0 N–H and O–H groups in total. The van der Waals surface area contributed by atoms with Gasteiger partial charge in [0.1, 0.15) is 0 Å². The Bertz CT molecular complexity index is 119. The van der Waals surface area contributed by atoms with Crippen molar-refractivity contribution < 1.29 is 0 Å². The summed E-state index contributed by atoms with van der Waals surface area (Å²) in [7, 11) is 0. The number of hydrogen-bond donors (Lipinski definition) is 0. The van der Waals surface area contributed by atoms with E-state index in [0.29, 0.717) is 6.04 Å². The Labute approximate surface area is 57.5 Å². The van der Waals surface area contributed by atoms with Gasteiger partial charge in [0, 0.05) is 0 Å². The third-order valence-electron chi connectivity index (χ3n) is 0.959. The number of allylic oxidation sites excluding steroid dienone is 1. The van der Waals surface area contributed by atoms with E-state index in [1.54, 1.807) is 0 Å². The molecule has 0 fully saturated rings. The van der Waals surface area contributed by atoms with Gasteiger partial charge in [-0.3, -0.25) is 4.99 Å². The van der Waals surface area contributed by atoms with E-state index in [0.717, 1.165) is 0 Å². The van der Waals surface area contributed by atoms with E-state index in [9.17, 15) is 0 Å². The zero-order chi connectivity index (χ0) is 7.28. The van der Waals surface area contributed by atoms with Crippen LogP contribution in [0.1, 0.15) is 27.7 Å². The van der Waals surface area contributed by atoms with Crippen molar-refractivity contribution in [1.82, 2.24) is 0 Å². The van der Waals surface area contributed by atoms with E-state index in [4.69, 9.17) is 0 Å². The van der Waals surface area contributed by atoms with Gasteiger partial charge in [-0.1, -0.05) is 11.6 Å². The summed E-state index contributed by atoms with van der Waals surface area (Å²) in [6.07, 6.45) is 3.98. The lowest BCUT2D eigenvalue weighted by atomic mass is 10.2. The fourth-order valence-corrected chi connectivity index (χ4v) is 0.761. The van der Waals surface area contributed by atoms with Crippen molar-refractivity contribution in [2.75, 3.05) is 0 Å². The van der Waals surface area contributed by atoms with Gasteiger partial charge in [0.25, 0.3) is 0 Å². The first-order chi connectivity index (χ1) is 4.16. The van der Waals surface area contributed by atoms with Crippen molar-refractivity contribution in [2.45, 2.75) is 33.7 Å². The van der Waals surface area contributed by atoms with Crippen LogP contribution in [-0.2, 0) is 0 Å². The SMILES string of the molecule is CC=NC(C)C=C(C)C. The molecule has 1 atom stereocenters. The highest BCUT2D eigenvalue weighted by Crippen LogP contribution is 1.96. The maximum atomic E-state index is 4.16. The lowest BCUT2D eigenvalue weighted by molar-refractivity contribution is 0.919. The molecule has 0 aliphatic heterocycles. The van der Waals surface area contributed by atoms with Crippen LogP contribution < -0.4 is 0 Å². The molecular weight excluding hydrogens is 110 g/mol. The monoisotopic (exact) mass is 125 g/mol. The molecule has 0 radical (unpaired) electrons. The van der Waals surface area contributed by atoms with Gasteiger partial charge < -0.3 is 0 Å². The molecule has 1 nitrogen and oxygen atoms in total. The van der Waals surface area contributed by atoms with Crippen LogP contribution >= 0.6 is 0 Å². The van der Waals surface area contributed by atoms with Gasteiger partial charge in [-0.05, 0) is 33.9 Å². The maximum absolute atomic E-state index is 4.16. The summed E-state index contributed by atoms with van der Waals surface area (Å²) < 4.78 is 0. The van der Waals surface area contributed by atoms with E-state index < -0.39 is 0 Å². The van der Waals surface area contributed by atoms with Gasteiger partial charge in [0.05, 0.1) is 6.04 Å². The minimum Gasteiger partial charge on any atom is -0.291 e. The van der Waals surface area contributed by atoms with Crippen LogP contribution in [0.2, 0.25) is 0 Å². The van der Waals surface area contributed by atoms with Crippen molar-refractivity contribution >= 4 is 6.21 Å². The summed E-state index contributed by atoms with van der Waals surface area (Å²) in [6.45, 7) is 8.19. The zero-order valence-corrected chi connectivity index (χ0v) is 6.68. The first kappa shape index (κ1) is 8.41. The molecule has 0 aliphatic rings. The first-order valence-electron chi connectivity index (χ1n) is 3.29. The number of hydrogen-bond acceptors (Lipinski definition) is 1. The standard InChI is InChI=1S/C8H15N/c1-5-9-8(4)6-7(2)3/h5-6,8H,1-4H3. The Morgan fingerprint density at radius 3 is 2.33 bits per heavy atom. The molecule has 0 spiro atoms. The minimum atomic E-state index is 0.347. The van der Waals surface area contributed by atoms with Gasteiger partial charge >= 0.3 is 0 Å². The van der Waals surface area contributed by atoms with E-state index in [1.807, 2.05) is 13.1 Å². The second kappa shape index (κ2) is 4.30. The Morgan fingerprint density at radius 2 is 2.00 bits per heavy atom. The summed E-state index contributed by atoms with van der Waals surface area (Å²) in [5.41, 5.74) is 1.33. The van der Waals surface area contributed by atoms with E-state index in [-0.39, 0.29) is 0 Å². The molecule has 9 heavy (non-hydrogen) atoms. The topological polar surface area (TPSA) is 12.4 Å². The summed E-state index contributed by atoms with van der Waals surface area (Å²) >= 11 is 0. The first-order valence-corrected chi connectivity index (χ1v) is 3.29. The van der Waals surface area contributed by atoms with E-state index >= 15 is 0 Å². The molecule has 0 amide bonds. The van der Waals surface area contributed by atoms with Crippen molar-refractivity contribution in [1.29, 1.82) is 0 Å². The van der Waals surface area contributed by atoms with E-state index in [1.165, 1.54) is 5.57 Å². The van der Waals surface area contributed by atoms with Crippen LogP contribution in [0, 0.1) is 0 Å². The van der Waals surface area contributed by atoms with Crippen molar-refractivity contribution in [3.8, 4) is 0 Å². The Morgan fingerprint density at radius 1 is 1.44 bits per heavy atom. The average Bonchev–Trinajstić information content (AvgIpc) is 1.63.